The molecule has 112 valence electrons. The fourth-order valence-electron chi connectivity index (χ4n) is 1.88. The highest BCUT2D eigenvalue weighted by Crippen LogP contribution is 2.27. The van der Waals surface area contributed by atoms with Crippen LogP contribution in [0.5, 0.6) is 0 Å². The van der Waals surface area contributed by atoms with Gasteiger partial charge in [0.25, 0.3) is 0 Å². The molecule has 0 spiro atoms. The van der Waals surface area contributed by atoms with E-state index in [0.717, 1.165) is 22.2 Å². The fraction of sp³-hybridized carbons (Fsp3) is 0.286. The number of rotatable bonds is 6. The zero-order chi connectivity index (χ0) is 15.4. The highest BCUT2D eigenvalue weighted by atomic mass is 79.9. The fourth-order valence-corrected chi connectivity index (χ4v) is 3.22. The van der Waals surface area contributed by atoms with Crippen LogP contribution in [0, 0.1) is 0 Å². The maximum atomic E-state index is 11.4. The predicted octanol–water partition coefficient (Wildman–Crippen LogP) is 3.48. The Hall–Kier alpha value is -1.47. The van der Waals surface area contributed by atoms with Gasteiger partial charge in [0.1, 0.15) is 16.4 Å². The maximum Gasteiger partial charge on any atom is 0.342 e. The van der Waals surface area contributed by atoms with Crippen molar-refractivity contribution < 1.29 is 9.90 Å². The van der Waals surface area contributed by atoms with Crippen LogP contribution in [0.3, 0.4) is 0 Å². The van der Waals surface area contributed by atoms with E-state index in [4.69, 9.17) is 5.73 Å². The zero-order valence-corrected chi connectivity index (χ0v) is 13.9. The molecule has 0 bridgehead atoms. The van der Waals surface area contributed by atoms with E-state index in [1.54, 1.807) is 4.68 Å². The summed E-state index contributed by atoms with van der Waals surface area (Å²) in [6.45, 7) is 2.48. The first kappa shape index (κ1) is 15.9. The number of nitrogen functional groups attached to an aromatic ring is 1. The van der Waals surface area contributed by atoms with Crippen molar-refractivity contribution >= 4 is 39.5 Å². The van der Waals surface area contributed by atoms with Crippen LogP contribution in [-0.4, -0.2) is 26.6 Å². The molecule has 1 aromatic heterocycles. The summed E-state index contributed by atoms with van der Waals surface area (Å²) in [6, 6.07) is 7.76. The predicted molar refractivity (Wildman–Crippen MR) is 87.9 cm³/mol. The molecule has 3 N–H and O–H groups in total. The third kappa shape index (κ3) is 3.79. The minimum atomic E-state index is -1.04. The van der Waals surface area contributed by atoms with Crippen molar-refractivity contribution in [3.8, 4) is 0 Å². The van der Waals surface area contributed by atoms with Gasteiger partial charge in [0, 0.05) is 4.47 Å². The first-order valence-corrected chi connectivity index (χ1v) is 8.27. The quantitative estimate of drug-likeness (QED) is 0.761. The normalized spacial score (nSPS) is 10.8. The molecule has 0 saturated carbocycles. The van der Waals surface area contributed by atoms with Crippen molar-refractivity contribution in [3.63, 3.8) is 0 Å². The van der Waals surface area contributed by atoms with Crippen LogP contribution in [0.15, 0.2) is 33.8 Å². The number of hydrogen-bond donors (Lipinski definition) is 2. The lowest BCUT2D eigenvalue weighted by atomic mass is 10.2. The van der Waals surface area contributed by atoms with Gasteiger partial charge < -0.3 is 10.8 Å². The van der Waals surface area contributed by atoms with Gasteiger partial charge >= 0.3 is 5.97 Å². The molecule has 0 unspecified atom stereocenters. The third-order valence-corrected chi connectivity index (χ3v) is 4.50. The van der Waals surface area contributed by atoms with Crippen LogP contribution in [0.1, 0.15) is 29.3 Å². The number of carbonyl (C=O) groups is 1. The Morgan fingerprint density at radius 3 is 2.90 bits per heavy atom. The van der Waals surface area contributed by atoms with Gasteiger partial charge in [0.2, 0.25) is 0 Å². The Kier molecular flexibility index (Phi) is 5.30. The van der Waals surface area contributed by atoms with E-state index in [1.165, 1.54) is 11.8 Å². The molecule has 2 rings (SSSR count). The number of nitrogens with zero attached hydrogens (tertiary/aromatic N) is 2. The monoisotopic (exact) mass is 369 g/mol. The van der Waals surface area contributed by atoms with Crippen molar-refractivity contribution in [2.45, 2.75) is 24.9 Å². The van der Waals surface area contributed by atoms with Gasteiger partial charge in [-0.05, 0) is 29.9 Å². The topological polar surface area (TPSA) is 81.1 Å². The second-order valence-corrected chi connectivity index (χ2v) is 6.51. The lowest BCUT2D eigenvalue weighted by molar-refractivity contribution is 0.0694. The van der Waals surface area contributed by atoms with E-state index in [0.29, 0.717) is 11.6 Å². The molecule has 21 heavy (non-hydrogen) atoms. The number of aromatic carboxylic acids is 1. The molecule has 0 fully saturated rings. The van der Waals surface area contributed by atoms with E-state index in [9.17, 15) is 9.90 Å². The molecule has 0 radical (unpaired) electrons. The second kappa shape index (κ2) is 7.00. The van der Waals surface area contributed by atoms with Gasteiger partial charge in [0.05, 0.1) is 6.54 Å². The lowest BCUT2D eigenvalue weighted by Gasteiger charge is -2.04. The molecule has 0 aliphatic carbocycles. The smallest absolute Gasteiger partial charge is 0.342 e. The molecule has 0 saturated heterocycles. The molecule has 1 heterocycles. The van der Waals surface area contributed by atoms with Crippen molar-refractivity contribution in [2.75, 3.05) is 11.5 Å². The minimum absolute atomic E-state index is 0.100. The molecule has 0 aliphatic rings. The van der Waals surface area contributed by atoms with Gasteiger partial charge in [-0.25, -0.2) is 9.48 Å². The lowest BCUT2D eigenvalue weighted by Crippen LogP contribution is -2.08. The zero-order valence-electron chi connectivity index (χ0n) is 11.5. The molecule has 7 heteroatoms. The summed E-state index contributed by atoms with van der Waals surface area (Å²) in [7, 11) is 0. The maximum absolute atomic E-state index is 11.4. The summed E-state index contributed by atoms with van der Waals surface area (Å²) in [4.78, 5) is 11.4. The summed E-state index contributed by atoms with van der Waals surface area (Å²) in [5, 5.41) is 14.2. The van der Waals surface area contributed by atoms with Gasteiger partial charge in [-0.1, -0.05) is 35.0 Å². The first-order valence-electron chi connectivity index (χ1n) is 6.49. The van der Waals surface area contributed by atoms with E-state index in [-0.39, 0.29) is 11.4 Å². The van der Waals surface area contributed by atoms with Crippen LogP contribution < -0.4 is 5.73 Å². The summed E-state index contributed by atoms with van der Waals surface area (Å²) < 4.78 is 2.51. The number of hydrogen-bond acceptors (Lipinski definition) is 4. The highest BCUT2D eigenvalue weighted by Gasteiger charge is 2.21. The summed E-state index contributed by atoms with van der Waals surface area (Å²) in [5.41, 5.74) is 7.06. The van der Waals surface area contributed by atoms with Crippen LogP contribution in [0.25, 0.3) is 0 Å². The van der Waals surface area contributed by atoms with E-state index >= 15 is 0 Å². The van der Waals surface area contributed by atoms with Gasteiger partial charge in [-0.15, -0.1) is 11.8 Å². The van der Waals surface area contributed by atoms with Crippen LogP contribution >= 0.6 is 27.7 Å². The van der Waals surface area contributed by atoms with Gasteiger partial charge in [-0.3, -0.25) is 0 Å². The average Bonchev–Trinajstić information content (AvgIpc) is 2.73. The largest absolute Gasteiger partial charge is 0.477 e. The van der Waals surface area contributed by atoms with Crippen LogP contribution in [0.4, 0.5) is 5.82 Å². The first-order chi connectivity index (χ1) is 10.0. The number of aromatic nitrogens is 2. The number of benzene rings is 1. The third-order valence-electron chi connectivity index (χ3n) is 2.84. The number of anilines is 1. The highest BCUT2D eigenvalue weighted by molar-refractivity contribution is 9.10. The van der Waals surface area contributed by atoms with Crippen molar-refractivity contribution in [1.29, 1.82) is 0 Å². The number of halogens is 1. The van der Waals surface area contributed by atoms with Crippen LogP contribution in [0.2, 0.25) is 0 Å². The SMILES string of the molecule is CCCSc1nn(Cc2cccc(Br)c2)c(N)c1C(=O)O. The Morgan fingerprint density at radius 1 is 1.52 bits per heavy atom. The van der Waals surface area contributed by atoms with Crippen molar-refractivity contribution in [2.24, 2.45) is 0 Å². The van der Waals surface area contributed by atoms with Crippen molar-refractivity contribution in [3.05, 3.63) is 39.9 Å². The van der Waals surface area contributed by atoms with Crippen molar-refractivity contribution in [1.82, 2.24) is 9.78 Å². The number of carboxylic acids is 1. The molecule has 5 nitrogen and oxygen atoms in total. The summed E-state index contributed by atoms with van der Waals surface area (Å²) in [6.07, 6.45) is 0.947. The summed E-state index contributed by atoms with van der Waals surface area (Å²) >= 11 is 4.83. The Labute approximate surface area is 135 Å². The van der Waals surface area contributed by atoms with E-state index in [2.05, 4.69) is 21.0 Å². The van der Waals surface area contributed by atoms with Crippen LogP contribution in [-0.2, 0) is 6.54 Å². The molecule has 2 aromatic rings. The number of nitrogens with two attached hydrogens (primary N) is 1. The second-order valence-electron chi connectivity index (χ2n) is 4.51. The molecule has 0 aliphatic heterocycles. The minimum Gasteiger partial charge on any atom is -0.477 e. The van der Waals surface area contributed by atoms with E-state index < -0.39 is 5.97 Å². The molecular weight excluding hydrogens is 354 g/mol. The molecule has 0 amide bonds. The van der Waals surface area contributed by atoms with Gasteiger partial charge in [-0.2, -0.15) is 5.10 Å². The molecule has 1 aromatic carbocycles. The number of thioether (sulfide) groups is 1. The summed E-state index contributed by atoms with van der Waals surface area (Å²) in [5.74, 6) is -0.0270. The van der Waals surface area contributed by atoms with E-state index in [1.807, 2.05) is 31.2 Å². The average molecular weight is 370 g/mol. The molecule has 0 atom stereocenters. The Bertz CT molecular complexity index is 658. The molecular formula is C14H16BrN3O2S. The standard InChI is InChI=1S/C14H16BrN3O2S/c1-2-6-21-13-11(14(19)20)12(16)18(17-13)8-9-4-3-5-10(15)7-9/h3-5,7H,2,6,8,16H2,1H3,(H,19,20). The Morgan fingerprint density at radius 2 is 2.29 bits per heavy atom. The number of carboxylic acid groups (broad SMARTS) is 1. The van der Waals surface area contributed by atoms with Gasteiger partial charge in [0.15, 0.2) is 0 Å². The Balaban J connectivity index is 2.33.